The monoisotopic (exact) mass is 467 g/mol. The van der Waals surface area contributed by atoms with Gasteiger partial charge in [-0.15, -0.1) is 0 Å². The molecule has 3 aliphatic rings. The van der Waals surface area contributed by atoms with Crippen LogP contribution in [0.25, 0.3) is 5.57 Å². The van der Waals surface area contributed by atoms with Gasteiger partial charge in [-0.3, -0.25) is 0 Å². The molecule has 1 N–H and O–H groups in total. The predicted molar refractivity (Wildman–Crippen MR) is 148 cm³/mol. The largest absolute Gasteiger partial charge is 0.386 e. The number of para-hydroxylation sites is 3. The van der Waals surface area contributed by atoms with Crippen LogP contribution in [0.3, 0.4) is 0 Å². The summed E-state index contributed by atoms with van der Waals surface area (Å²) in [6.07, 6.45) is 11.5. The van der Waals surface area contributed by atoms with E-state index in [-0.39, 0.29) is 11.3 Å². The number of fused-ring (bicyclic) bond motifs is 2. The Balaban J connectivity index is 1.57. The maximum atomic E-state index is 9.85. The minimum atomic E-state index is -0.0968. The Kier molecular flexibility index (Phi) is 5.38. The second-order valence-electron chi connectivity index (χ2n) is 10.1. The normalized spacial score (nSPS) is 19.6. The molecule has 0 amide bonds. The Morgan fingerprint density at radius 1 is 0.889 bits per heavy atom. The quantitative estimate of drug-likeness (QED) is 0.429. The highest BCUT2D eigenvalue weighted by Gasteiger charge is 2.37. The van der Waals surface area contributed by atoms with Gasteiger partial charge in [-0.1, -0.05) is 86.7 Å². The molecular weight excluding hydrogens is 438 g/mol. The number of allylic oxidation sites excluding steroid dienone is 6. The van der Waals surface area contributed by atoms with E-state index in [0.29, 0.717) is 6.54 Å². The molecule has 0 saturated heterocycles. The molecule has 0 aromatic heterocycles. The van der Waals surface area contributed by atoms with Crippen LogP contribution in [0.4, 0.5) is 17.1 Å². The van der Waals surface area contributed by atoms with Gasteiger partial charge in [0.25, 0.3) is 0 Å². The predicted octanol–water partition coefficient (Wildman–Crippen LogP) is 7.69. The third kappa shape index (κ3) is 3.41. The molecule has 0 radical (unpaired) electrons. The number of hydrogen-bond donors (Lipinski definition) is 1. The molecule has 0 bridgehead atoms. The standard InChI is InChI=1S/C33H29N3/c1-33(2)28-14-6-9-17-31(28)36(32-18-10-7-15-29(32)33)30-16-8-5-13-27(30)26-12-4-3-11-25(26)24-19-20-35-22-23(24)21-34/h3-10,12-20,25,35H,11,22H2,1-2H3. The third-order valence-corrected chi connectivity index (χ3v) is 7.77. The van der Waals surface area contributed by atoms with Crippen molar-refractivity contribution in [3.63, 3.8) is 0 Å². The first-order valence-corrected chi connectivity index (χ1v) is 12.6. The van der Waals surface area contributed by atoms with Gasteiger partial charge in [0.15, 0.2) is 0 Å². The zero-order valence-corrected chi connectivity index (χ0v) is 20.7. The van der Waals surface area contributed by atoms with Gasteiger partial charge in [0, 0.05) is 23.4 Å². The van der Waals surface area contributed by atoms with Crippen molar-refractivity contribution in [2.24, 2.45) is 5.92 Å². The molecule has 1 atom stereocenters. The number of anilines is 3. The Morgan fingerprint density at radius 3 is 2.22 bits per heavy atom. The molecule has 2 heterocycles. The maximum absolute atomic E-state index is 9.85. The average Bonchev–Trinajstić information content (AvgIpc) is 2.93. The van der Waals surface area contributed by atoms with Crippen LogP contribution < -0.4 is 10.2 Å². The van der Waals surface area contributed by atoms with Crippen LogP contribution >= 0.6 is 0 Å². The van der Waals surface area contributed by atoms with Crippen molar-refractivity contribution in [2.75, 3.05) is 11.4 Å². The molecule has 3 nitrogen and oxygen atoms in total. The summed E-state index contributed by atoms with van der Waals surface area (Å²) in [5, 5.41) is 13.0. The van der Waals surface area contributed by atoms with E-state index in [4.69, 9.17) is 0 Å². The zero-order valence-electron chi connectivity index (χ0n) is 20.7. The summed E-state index contributed by atoms with van der Waals surface area (Å²) in [6, 6.07) is 28.7. The molecule has 0 saturated carbocycles. The van der Waals surface area contributed by atoms with Crippen molar-refractivity contribution in [1.82, 2.24) is 5.32 Å². The molecule has 2 aliphatic heterocycles. The van der Waals surface area contributed by atoms with Crippen LogP contribution in [0.5, 0.6) is 0 Å². The van der Waals surface area contributed by atoms with E-state index in [0.717, 1.165) is 23.3 Å². The molecule has 3 aromatic carbocycles. The van der Waals surface area contributed by atoms with Crippen molar-refractivity contribution in [1.29, 1.82) is 5.26 Å². The molecule has 1 unspecified atom stereocenters. The summed E-state index contributed by atoms with van der Waals surface area (Å²) >= 11 is 0. The van der Waals surface area contributed by atoms with Gasteiger partial charge in [-0.05, 0) is 59.2 Å². The molecule has 1 aliphatic carbocycles. The van der Waals surface area contributed by atoms with Gasteiger partial charge in [0.2, 0.25) is 0 Å². The molecule has 3 heteroatoms. The fourth-order valence-electron chi connectivity index (χ4n) is 5.99. The van der Waals surface area contributed by atoms with Gasteiger partial charge in [-0.25, -0.2) is 0 Å². The summed E-state index contributed by atoms with van der Waals surface area (Å²) in [4.78, 5) is 2.43. The number of rotatable bonds is 3. The van der Waals surface area contributed by atoms with Crippen molar-refractivity contribution in [3.05, 3.63) is 131 Å². The van der Waals surface area contributed by atoms with Crippen molar-refractivity contribution < 1.29 is 0 Å². The average molecular weight is 468 g/mol. The van der Waals surface area contributed by atoms with Gasteiger partial charge in [0.05, 0.1) is 28.7 Å². The second kappa shape index (κ2) is 8.73. The van der Waals surface area contributed by atoms with E-state index in [1.165, 1.54) is 33.6 Å². The van der Waals surface area contributed by atoms with Crippen LogP contribution in [0.15, 0.2) is 114 Å². The highest BCUT2D eigenvalue weighted by molar-refractivity contribution is 5.92. The minimum absolute atomic E-state index is 0.0968. The molecule has 176 valence electrons. The summed E-state index contributed by atoms with van der Waals surface area (Å²) in [5.41, 5.74) is 10.5. The Bertz CT molecular complexity index is 1460. The highest BCUT2D eigenvalue weighted by Crippen LogP contribution is 2.53. The van der Waals surface area contributed by atoms with Gasteiger partial charge >= 0.3 is 0 Å². The second-order valence-corrected chi connectivity index (χ2v) is 10.1. The van der Waals surface area contributed by atoms with E-state index in [1.54, 1.807) is 0 Å². The number of nitriles is 1. The number of benzene rings is 3. The van der Waals surface area contributed by atoms with E-state index < -0.39 is 0 Å². The summed E-state index contributed by atoms with van der Waals surface area (Å²) < 4.78 is 0. The molecule has 36 heavy (non-hydrogen) atoms. The van der Waals surface area contributed by atoms with Crippen LogP contribution in [0.1, 0.15) is 37.0 Å². The molecule has 3 aromatic rings. The molecular formula is C33H29N3. The summed E-state index contributed by atoms with van der Waals surface area (Å²) in [5.74, 6) is 0.135. The molecule has 6 rings (SSSR count). The lowest BCUT2D eigenvalue weighted by atomic mass is 9.73. The van der Waals surface area contributed by atoms with E-state index in [1.807, 2.05) is 6.20 Å². The lowest BCUT2D eigenvalue weighted by molar-refractivity contribution is 0.632. The molecule has 0 fully saturated rings. The smallest absolute Gasteiger partial charge is 0.0969 e. The number of dihydropyridines is 1. The fraction of sp³-hybridized carbons (Fsp3) is 0.182. The fourth-order valence-corrected chi connectivity index (χ4v) is 5.99. The van der Waals surface area contributed by atoms with Crippen LogP contribution in [-0.4, -0.2) is 6.54 Å². The minimum Gasteiger partial charge on any atom is -0.386 e. The lowest BCUT2D eigenvalue weighted by Gasteiger charge is -2.43. The van der Waals surface area contributed by atoms with Crippen molar-refractivity contribution in [3.8, 4) is 6.07 Å². The Morgan fingerprint density at radius 2 is 1.53 bits per heavy atom. The first-order valence-electron chi connectivity index (χ1n) is 12.6. The third-order valence-electron chi connectivity index (χ3n) is 7.77. The van der Waals surface area contributed by atoms with E-state index in [9.17, 15) is 5.26 Å². The van der Waals surface area contributed by atoms with Crippen molar-refractivity contribution in [2.45, 2.75) is 25.7 Å². The summed E-state index contributed by atoms with van der Waals surface area (Å²) in [6.45, 7) is 5.22. The highest BCUT2D eigenvalue weighted by atomic mass is 15.2. The topological polar surface area (TPSA) is 39.1 Å². The van der Waals surface area contributed by atoms with Gasteiger partial charge in [-0.2, -0.15) is 5.26 Å². The first kappa shape index (κ1) is 22.2. The maximum Gasteiger partial charge on any atom is 0.0969 e. The van der Waals surface area contributed by atoms with Crippen LogP contribution in [0.2, 0.25) is 0 Å². The lowest BCUT2D eigenvalue weighted by Crippen LogP contribution is -2.31. The number of nitrogens with zero attached hydrogens (tertiary/aromatic N) is 2. The van der Waals surface area contributed by atoms with Gasteiger partial charge in [0.1, 0.15) is 0 Å². The number of nitrogens with one attached hydrogen (secondary N) is 1. The zero-order chi connectivity index (χ0) is 24.7. The summed E-state index contributed by atoms with van der Waals surface area (Å²) in [7, 11) is 0. The molecule has 0 spiro atoms. The van der Waals surface area contributed by atoms with Crippen LogP contribution in [0, 0.1) is 17.2 Å². The first-order chi connectivity index (χ1) is 17.6. The van der Waals surface area contributed by atoms with E-state index >= 15 is 0 Å². The Hall–Kier alpha value is -4.29. The van der Waals surface area contributed by atoms with Crippen molar-refractivity contribution >= 4 is 22.6 Å². The number of hydrogen-bond acceptors (Lipinski definition) is 3. The van der Waals surface area contributed by atoms with Gasteiger partial charge < -0.3 is 10.2 Å². The van der Waals surface area contributed by atoms with Crippen LogP contribution in [-0.2, 0) is 5.41 Å². The van der Waals surface area contributed by atoms with E-state index in [2.05, 4.69) is 127 Å². The Labute approximate surface area is 213 Å². The SMILES string of the molecule is CC1(C)c2ccccc2N(c2ccccc2C2=CC=CCC2C2=C(C#N)CNC=C2)c2ccccc21.